The Labute approximate surface area is 151 Å². The molecule has 0 unspecified atom stereocenters. The van der Waals surface area contributed by atoms with Crippen molar-refractivity contribution in [1.29, 1.82) is 0 Å². The molecule has 0 spiro atoms. The highest BCUT2D eigenvalue weighted by molar-refractivity contribution is 5.80. The standard InChI is InChI=1S/C20H22N3O3/c1-3-17-19(13-15(1)22-5-9-24-10-6-22)26-20-14-16(2-4-18(20)21-17)23-7-11-25-12-8-23/h1-4,13-14H,5-12H2/q+1. The summed E-state index contributed by atoms with van der Waals surface area (Å²) >= 11 is 0. The van der Waals surface area contributed by atoms with Gasteiger partial charge in [-0.25, -0.2) is 9.56 Å². The molecule has 6 heteroatoms. The number of morpholine rings is 2. The maximum atomic E-state index is 6.23. The largest absolute Gasteiger partial charge is 0.452 e. The summed E-state index contributed by atoms with van der Waals surface area (Å²) in [7, 11) is 0. The number of benzene rings is 2. The molecule has 4 aliphatic rings. The Kier molecular flexibility index (Phi) is 4.07. The lowest BCUT2D eigenvalue weighted by atomic mass is 10.2. The van der Waals surface area contributed by atoms with Gasteiger partial charge in [-0.3, -0.25) is 0 Å². The predicted molar refractivity (Wildman–Crippen MR) is 99.5 cm³/mol. The molecule has 3 heterocycles. The Bertz CT molecular complexity index is 968. The van der Waals surface area contributed by atoms with Crippen LogP contribution in [0.15, 0.2) is 40.8 Å². The Morgan fingerprint density at radius 1 is 0.885 bits per heavy atom. The van der Waals surface area contributed by atoms with Gasteiger partial charge in [0.25, 0.3) is 0 Å². The summed E-state index contributed by atoms with van der Waals surface area (Å²) in [5, 5.41) is 1.16. The molecular formula is C20H22N3O3+. The van der Waals surface area contributed by atoms with Crippen molar-refractivity contribution in [2.75, 3.05) is 57.5 Å². The first-order valence-corrected chi connectivity index (χ1v) is 9.20. The van der Waals surface area contributed by atoms with E-state index in [0.29, 0.717) is 0 Å². The van der Waals surface area contributed by atoms with Gasteiger partial charge >= 0.3 is 0 Å². The summed E-state index contributed by atoms with van der Waals surface area (Å²) in [6, 6.07) is 12.5. The average molecular weight is 352 g/mol. The van der Waals surface area contributed by atoms with Gasteiger partial charge in [0.15, 0.2) is 24.4 Å². The van der Waals surface area contributed by atoms with Crippen molar-refractivity contribution in [3.8, 4) is 11.5 Å². The second-order valence-corrected chi connectivity index (χ2v) is 6.72. The Morgan fingerprint density at radius 3 is 2.54 bits per heavy atom. The van der Waals surface area contributed by atoms with Crippen LogP contribution in [0.25, 0.3) is 22.6 Å². The normalized spacial score (nSPS) is 18.6. The molecule has 0 amide bonds. The van der Waals surface area contributed by atoms with E-state index in [1.165, 1.54) is 0 Å². The lowest BCUT2D eigenvalue weighted by molar-refractivity contribution is 0.0965. The number of anilines is 1. The van der Waals surface area contributed by atoms with E-state index in [-0.39, 0.29) is 0 Å². The number of ether oxygens (including phenoxy) is 2. The van der Waals surface area contributed by atoms with Crippen LogP contribution in [0, 0.1) is 0 Å². The quantitative estimate of drug-likeness (QED) is 0.492. The summed E-state index contributed by atoms with van der Waals surface area (Å²) in [5.74, 6) is 0.820. The highest BCUT2D eigenvalue weighted by atomic mass is 16.5. The van der Waals surface area contributed by atoms with E-state index in [9.17, 15) is 0 Å². The number of nitrogens with zero attached hydrogens (tertiary/aromatic N) is 3. The van der Waals surface area contributed by atoms with Gasteiger partial charge in [-0.15, -0.1) is 0 Å². The van der Waals surface area contributed by atoms with Crippen LogP contribution in [0.1, 0.15) is 0 Å². The van der Waals surface area contributed by atoms with Gasteiger partial charge < -0.3 is 18.8 Å². The number of aromatic nitrogens is 1. The molecule has 0 atom stereocenters. The van der Waals surface area contributed by atoms with Gasteiger partial charge in [-0.1, -0.05) is 0 Å². The molecule has 1 aromatic carbocycles. The lowest BCUT2D eigenvalue weighted by Gasteiger charge is -2.28. The molecule has 0 bridgehead atoms. The molecule has 3 aliphatic heterocycles. The molecule has 2 fully saturated rings. The van der Waals surface area contributed by atoms with Crippen LogP contribution in [0.2, 0.25) is 0 Å². The fraction of sp³-hybridized carbons (Fsp3) is 0.400. The molecule has 0 radical (unpaired) electrons. The van der Waals surface area contributed by atoms with Crippen molar-refractivity contribution >= 4 is 16.8 Å². The number of rotatable bonds is 1. The molecule has 0 saturated carbocycles. The molecular weight excluding hydrogens is 330 g/mol. The van der Waals surface area contributed by atoms with E-state index < -0.39 is 0 Å². The molecule has 0 N–H and O–H groups in total. The third-order valence-electron chi connectivity index (χ3n) is 5.10. The minimum Gasteiger partial charge on any atom is -0.452 e. The second kappa shape index (κ2) is 6.70. The van der Waals surface area contributed by atoms with E-state index in [0.717, 1.165) is 86.2 Å². The summed E-state index contributed by atoms with van der Waals surface area (Å²) in [6.07, 6.45) is 0. The maximum Gasteiger partial charge on any atom is 0.203 e. The van der Waals surface area contributed by atoms with Crippen molar-refractivity contribution in [2.45, 2.75) is 0 Å². The fourth-order valence-corrected chi connectivity index (χ4v) is 3.64. The molecule has 0 aromatic heterocycles. The minimum absolute atomic E-state index is 0.772. The van der Waals surface area contributed by atoms with Crippen LogP contribution in [0.3, 0.4) is 0 Å². The summed E-state index contributed by atoms with van der Waals surface area (Å²) in [6.45, 7) is 6.73. The van der Waals surface area contributed by atoms with Crippen molar-refractivity contribution in [2.24, 2.45) is 0 Å². The van der Waals surface area contributed by atoms with Gasteiger partial charge in [0, 0.05) is 30.9 Å². The minimum atomic E-state index is 0.772. The van der Waals surface area contributed by atoms with Crippen LogP contribution in [0.5, 0.6) is 0 Å². The van der Waals surface area contributed by atoms with Gasteiger partial charge in [0.05, 0.1) is 19.3 Å². The second-order valence-electron chi connectivity index (χ2n) is 6.72. The topological polar surface area (TPSA) is 50.7 Å². The Morgan fingerprint density at radius 2 is 1.69 bits per heavy atom. The maximum absolute atomic E-state index is 6.23. The van der Waals surface area contributed by atoms with Gasteiger partial charge in [0.1, 0.15) is 24.4 Å². The first-order valence-electron chi connectivity index (χ1n) is 9.20. The third kappa shape index (κ3) is 2.95. The van der Waals surface area contributed by atoms with E-state index in [2.05, 4.69) is 33.7 Å². The lowest BCUT2D eigenvalue weighted by Crippen LogP contribution is -2.39. The molecule has 26 heavy (non-hydrogen) atoms. The number of hydrogen-bond donors (Lipinski definition) is 0. The summed E-state index contributed by atoms with van der Waals surface area (Å²) in [5.41, 5.74) is 3.75. The highest BCUT2D eigenvalue weighted by Gasteiger charge is 2.17. The van der Waals surface area contributed by atoms with Crippen molar-refractivity contribution < 1.29 is 13.9 Å². The monoisotopic (exact) mass is 352 g/mol. The van der Waals surface area contributed by atoms with Crippen LogP contribution in [-0.4, -0.2) is 57.6 Å². The molecule has 1 aromatic rings. The zero-order valence-corrected chi connectivity index (χ0v) is 14.7. The third-order valence-corrected chi connectivity index (χ3v) is 5.10. The van der Waals surface area contributed by atoms with Crippen LogP contribution in [-0.2, 0) is 9.47 Å². The number of fused-ring (bicyclic) bond motifs is 2. The van der Waals surface area contributed by atoms with Crippen LogP contribution in [0.4, 0.5) is 5.69 Å². The van der Waals surface area contributed by atoms with Crippen molar-refractivity contribution in [3.63, 3.8) is 0 Å². The Hall–Kier alpha value is -2.44. The molecule has 134 valence electrons. The molecule has 1 aliphatic carbocycles. The number of hydrogen-bond acceptors (Lipinski definition) is 5. The molecule has 6 nitrogen and oxygen atoms in total. The zero-order chi connectivity index (χ0) is 17.3. The first kappa shape index (κ1) is 15.8. The molecule has 2 saturated heterocycles. The fourth-order valence-electron chi connectivity index (χ4n) is 3.64. The zero-order valence-electron chi connectivity index (χ0n) is 14.7. The van der Waals surface area contributed by atoms with Gasteiger partial charge in [-0.05, 0) is 18.2 Å². The first-order chi connectivity index (χ1) is 12.9. The van der Waals surface area contributed by atoms with Crippen LogP contribution < -0.4 is 14.8 Å². The van der Waals surface area contributed by atoms with Crippen molar-refractivity contribution in [3.05, 3.63) is 41.8 Å². The van der Waals surface area contributed by atoms with Gasteiger partial charge in [-0.2, -0.15) is 0 Å². The smallest absolute Gasteiger partial charge is 0.203 e. The Balaban J connectivity index is 1.59. The average Bonchev–Trinajstić information content (AvgIpc) is 2.73. The highest BCUT2D eigenvalue weighted by Crippen LogP contribution is 2.27. The van der Waals surface area contributed by atoms with E-state index in [1.807, 2.05) is 12.1 Å². The van der Waals surface area contributed by atoms with E-state index in [4.69, 9.17) is 18.9 Å². The summed E-state index contributed by atoms with van der Waals surface area (Å²) < 4.78 is 19.4. The summed E-state index contributed by atoms with van der Waals surface area (Å²) in [4.78, 5) is 7.10. The SMILES string of the molecule is c1cc2nc3ccc(=[N+]4CCOCC4)cc-3oc2cc1N1CCOCC1. The van der Waals surface area contributed by atoms with E-state index >= 15 is 0 Å². The predicted octanol–water partition coefficient (Wildman–Crippen LogP) is 1.57. The van der Waals surface area contributed by atoms with E-state index in [1.54, 1.807) is 0 Å². The van der Waals surface area contributed by atoms with Crippen molar-refractivity contribution in [1.82, 2.24) is 9.56 Å². The van der Waals surface area contributed by atoms with Gasteiger partial charge in [0.2, 0.25) is 5.36 Å². The van der Waals surface area contributed by atoms with Crippen LogP contribution >= 0.6 is 0 Å². The molecule has 5 rings (SSSR count).